The number of rotatable bonds is 11. The van der Waals surface area contributed by atoms with Crippen molar-refractivity contribution in [3.05, 3.63) is 94.2 Å². The van der Waals surface area contributed by atoms with Gasteiger partial charge in [0.15, 0.2) is 0 Å². The minimum absolute atomic E-state index is 0.0169. The summed E-state index contributed by atoms with van der Waals surface area (Å²) in [6.07, 6.45) is 5.18. The van der Waals surface area contributed by atoms with Gasteiger partial charge in [-0.15, -0.1) is 0 Å². The maximum atomic E-state index is 14.2. The van der Waals surface area contributed by atoms with Crippen LogP contribution < -0.4 is 9.62 Å². The molecule has 1 fully saturated rings. The highest BCUT2D eigenvalue weighted by atomic mass is 35.5. The van der Waals surface area contributed by atoms with Crippen LogP contribution in [0.25, 0.3) is 0 Å². The zero-order chi connectivity index (χ0) is 30.3. The van der Waals surface area contributed by atoms with Gasteiger partial charge in [0, 0.05) is 17.6 Å². The van der Waals surface area contributed by atoms with Gasteiger partial charge in [-0.3, -0.25) is 13.9 Å². The Balaban J connectivity index is 1.72. The number of nitrogens with zero attached hydrogens (tertiary/aromatic N) is 2. The van der Waals surface area contributed by atoms with Gasteiger partial charge in [0.2, 0.25) is 11.8 Å². The number of amides is 2. The van der Waals surface area contributed by atoms with Crippen LogP contribution in [0.1, 0.15) is 51.0 Å². The lowest BCUT2D eigenvalue weighted by Crippen LogP contribution is -2.54. The zero-order valence-corrected chi connectivity index (χ0v) is 25.6. The lowest BCUT2D eigenvalue weighted by molar-refractivity contribution is -0.140. The maximum Gasteiger partial charge on any atom is 0.264 e. The van der Waals surface area contributed by atoms with Gasteiger partial charge in [-0.2, -0.15) is 0 Å². The van der Waals surface area contributed by atoms with Gasteiger partial charge in [0.05, 0.1) is 15.6 Å². The second kappa shape index (κ2) is 14.4. The highest BCUT2D eigenvalue weighted by Crippen LogP contribution is 2.33. The van der Waals surface area contributed by atoms with E-state index in [0.29, 0.717) is 5.56 Å². The molecule has 3 aromatic carbocycles. The van der Waals surface area contributed by atoms with Gasteiger partial charge in [-0.05, 0) is 67.3 Å². The first-order chi connectivity index (χ1) is 20.1. The summed E-state index contributed by atoms with van der Waals surface area (Å²) in [5, 5.41) is 3.41. The predicted molar refractivity (Wildman–Crippen MR) is 163 cm³/mol. The van der Waals surface area contributed by atoms with E-state index in [9.17, 15) is 22.4 Å². The molecule has 1 saturated carbocycles. The van der Waals surface area contributed by atoms with Crippen LogP contribution in [0.5, 0.6) is 0 Å². The molecule has 1 atom stereocenters. The van der Waals surface area contributed by atoms with E-state index in [2.05, 4.69) is 5.32 Å². The van der Waals surface area contributed by atoms with Crippen LogP contribution in [0.3, 0.4) is 0 Å². The Morgan fingerprint density at radius 3 is 2.29 bits per heavy atom. The van der Waals surface area contributed by atoms with Gasteiger partial charge in [-0.25, -0.2) is 12.8 Å². The fourth-order valence-electron chi connectivity index (χ4n) is 5.16. The van der Waals surface area contributed by atoms with Gasteiger partial charge < -0.3 is 10.2 Å². The Bertz CT molecular complexity index is 1480. The van der Waals surface area contributed by atoms with E-state index in [1.807, 2.05) is 0 Å². The average Bonchev–Trinajstić information content (AvgIpc) is 2.99. The molecule has 4 rings (SSSR count). The van der Waals surface area contributed by atoms with Crippen LogP contribution in [0.4, 0.5) is 10.1 Å². The largest absolute Gasteiger partial charge is 0.352 e. The number of sulfonamides is 1. The van der Waals surface area contributed by atoms with Crippen molar-refractivity contribution in [1.29, 1.82) is 0 Å². The minimum Gasteiger partial charge on any atom is -0.352 e. The van der Waals surface area contributed by atoms with Gasteiger partial charge >= 0.3 is 0 Å². The van der Waals surface area contributed by atoms with Crippen molar-refractivity contribution < 1.29 is 22.4 Å². The highest BCUT2D eigenvalue weighted by Gasteiger charge is 2.35. The Kier molecular flexibility index (Phi) is 10.9. The molecule has 1 N–H and O–H groups in total. The van der Waals surface area contributed by atoms with Crippen LogP contribution >= 0.6 is 23.2 Å². The number of nitrogens with one attached hydrogen (secondary N) is 1. The third kappa shape index (κ3) is 7.82. The number of hydrogen-bond acceptors (Lipinski definition) is 4. The molecule has 224 valence electrons. The number of anilines is 1. The molecule has 11 heteroatoms. The third-order valence-electron chi connectivity index (χ3n) is 7.39. The quantitative estimate of drug-likeness (QED) is 0.258. The van der Waals surface area contributed by atoms with Crippen molar-refractivity contribution in [2.75, 3.05) is 10.8 Å². The van der Waals surface area contributed by atoms with Crippen LogP contribution in [0, 0.1) is 5.82 Å². The normalized spacial score (nSPS) is 14.7. The molecule has 0 heterocycles. The molecule has 42 heavy (non-hydrogen) atoms. The predicted octanol–water partition coefficient (Wildman–Crippen LogP) is 6.58. The van der Waals surface area contributed by atoms with Crippen molar-refractivity contribution in [3.8, 4) is 0 Å². The average molecular weight is 635 g/mol. The molecule has 0 aliphatic heterocycles. The van der Waals surface area contributed by atoms with E-state index in [1.165, 1.54) is 59.5 Å². The van der Waals surface area contributed by atoms with E-state index in [1.54, 1.807) is 25.1 Å². The van der Waals surface area contributed by atoms with Crippen molar-refractivity contribution in [2.24, 2.45) is 0 Å². The number of benzene rings is 3. The minimum atomic E-state index is -4.28. The summed E-state index contributed by atoms with van der Waals surface area (Å²) in [7, 11) is -4.28. The van der Waals surface area contributed by atoms with Crippen molar-refractivity contribution in [2.45, 2.75) is 69.0 Å². The van der Waals surface area contributed by atoms with Gasteiger partial charge in [-0.1, -0.05) is 79.7 Å². The van der Waals surface area contributed by atoms with Crippen LogP contribution in [-0.4, -0.2) is 43.8 Å². The van der Waals surface area contributed by atoms with Crippen molar-refractivity contribution in [1.82, 2.24) is 10.2 Å². The molecule has 0 aromatic heterocycles. The second-order valence-electron chi connectivity index (χ2n) is 10.3. The molecule has 2 amide bonds. The molecule has 0 spiro atoms. The van der Waals surface area contributed by atoms with E-state index in [4.69, 9.17) is 23.2 Å². The summed E-state index contributed by atoms with van der Waals surface area (Å²) in [4.78, 5) is 29.0. The van der Waals surface area contributed by atoms with Crippen LogP contribution in [0.2, 0.25) is 10.0 Å². The lowest BCUT2D eigenvalue weighted by atomic mass is 9.95. The molecule has 3 aromatic rings. The zero-order valence-electron chi connectivity index (χ0n) is 23.3. The number of carbonyl (C=O) groups is 2. The van der Waals surface area contributed by atoms with E-state index in [0.717, 1.165) is 36.4 Å². The van der Waals surface area contributed by atoms with Crippen molar-refractivity contribution >= 4 is 50.7 Å². The van der Waals surface area contributed by atoms with E-state index >= 15 is 0 Å². The maximum absolute atomic E-state index is 14.2. The molecular formula is C31H34Cl2FN3O4S. The van der Waals surface area contributed by atoms with Crippen LogP contribution in [-0.2, 0) is 26.2 Å². The second-order valence-corrected chi connectivity index (χ2v) is 13.0. The standard InChI is InChI=1S/C31H34Cl2FN3O4S/c1-2-28(31(39)35-25-9-5-3-6-10-25)36(20-22-13-16-24(34)17-14-22)30(38)21-37(29-19-23(32)15-18-27(29)33)42(40,41)26-11-7-4-8-12-26/h4,7-8,11-19,25,28H,2-3,5-6,9-10,20-21H2,1H3,(H,35,39)/t28-/m0/s1. The summed E-state index contributed by atoms with van der Waals surface area (Å²) >= 11 is 12.7. The molecule has 1 aliphatic rings. The highest BCUT2D eigenvalue weighted by molar-refractivity contribution is 7.92. The Morgan fingerprint density at radius 1 is 0.976 bits per heavy atom. The summed E-state index contributed by atoms with van der Waals surface area (Å²) in [5.41, 5.74) is 0.620. The van der Waals surface area contributed by atoms with E-state index < -0.39 is 34.3 Å². The van der Waals surface area contributed by atoms with E-state index in [-0.39, 0.29) is 45.5 Å². The summed E-state index contributed by atoms with van der Waals surface area (Å²) < 4.78 is 42.4. The molecule has 0 radical (unpaired) electrons. The fraction of sp³-hybridized carbons (Fsp3) is 0.355. The molecule has 0 saturated heterocycles. The summed E-state index contributed by atoms with van der Waals surface area (Å²) in [5.74, 6) is -1.37. The van der Waals surface area contributed by atoms with Gasteiger partial charge in [0.25, 0.3) is 10.0 Å². The monoisotopic (exact) mass is 633 g/mol. The molecule has 7 nitrogen and oxygen atoms in total. The van der Waals surface area contributed by atoms with Crippen molar-refractivity contribution in [3.63, 3.8) is 0 Å². The number of carbonyl (C=O) groups excluding carboxylic acids is 2. The molecule has 1 aliphatic carbocycles. The van der Waals surface area contributed by atoms with Gasteiger partial charge in [0.1, 0.15) is 18.4 Å². The molecule has 0 bridgehead atoms. The first-order valence-electron chi connectivity index (χ1n) is 14.0. The van der Waals surface area contributed by atoms with Crippen LogP contribution in [0.15, 0.2) is 77.7 Å². The molecule has 0 unspecified atom stereocenters. The first-order valence-corrected chi connectivity index (χ1v) is 16.2. The summed E-state index contributed by atoms with van der Waals surface area (Å²) in [6, 6.07) is 16.8. The number of halogens is 3. The fourth-order valence-corrected chi connectivity index (χ4v) is 7.04. The third-order valence-corrected chi connectivity index (χ3v) is 9.72. The Labute approximate surface area is 256 Å². The Morgan fingerprint density at radius 2 is 1.64 bits per heavy atom. The first kappa shape index (κ1) is 31.8. The molecular weight excluding hydrogens is 600 g/mol. The Hall–Kier alpha value is -3.14. The number of hydrogen-bond donors (Lipinski definition) is 1. The SMILES string of the molecule is CC[C@@H](C(=O)NC1CCCCC1)N(Cc1ccc(F)cc1)C(=O)CN(c1cc(Cl)ccc1Cl)S(=O)(=O)c1ccccc1. The summed E-state index contributed by atoms with van der Waals surface area (Å²) in [6.45, 7) is 1.12. The topological polar surface area (TPSA) is 86.8 Å². The smallest absolute Gasteiger partial charge is 0.264 e. The lowest BCUT2D eigenvalue weighted by Gasteiger charge is -2.34.